The summed E-state index contributed by atoms with van der Waals surface area (Å²) in [6.07, 6.45) is 3.74. The van der Waals surface area contributed by atoms with Crippen LogP contribution in [0.5, 0.6) is 5.75 Å². The number of benzene rings is 2. The zero-order valence-electron chi connectivity index (χ0n) is 18.0. The number of rotatable bonds is 6. The number of ether oxygens (including phenoxy) is 1. The first-order chi connectivity index (χ1) is 15.1. The molecule has 4 rings (SSSR count). The molecule has 3 N–H and O–H groups in total. The Balaban J connectivity index is 1.45. The molecule has 31 heavy (non-hydrogen) atoms. The molecule has 7 heteroatoms. The van der Waals surface area contributed by atoms with Gasteiger partial charge < -0.3 is 25.3 Å². The predicted molar refractivity (Wildman–Crippen MR) is 123 cm³/mol. The van der Waals surface area contributed by atoms with Gasteiger partial charge in [0.15, 0.2) is 5.96 Å². The van der Waals surface area contributed by atoms with Crippen molar-refractivity contribution in [2.24, 2.45) is 4.99 Å². The van der Waals surface area contributed by atoms with Gasteiger partial charge in [0, 0.05) is 49.7 Å². The van der Waals surface area contributed by atoms with E-state index in [0.717, 1.165) is 29.7 Å². The molecule has 0 spiro atoms. The second-order valence-electron chi connectivity index (χ2n) is 7.86. The molecular formula is C24H29N5O2. The van der Waals surface area contributed by atoms with Gasteiger partial charge in [-0.3, -0.25) is 4.79 Å². The Morgan fingerprint density at radius 1 is 1.19 bits per heavy atom. The summed E-state index contributed by atoms with van der Waals surface area (Å²) < 4.78 is 5.77. The quantitative estimate of drug-likeness (QED) is 0.424. The van der Waals surface area contributed by atoms with E-state index < -0.39 is 0 Å². The maximum atomic E-state index is 12.1. The molecule has 7 nitrogen and oxygen atoms in total. The number of hydrogen-bond acceptors (Lipinski definition) is 3. The third-order valence-electron chi connectivity index (χ3n) is 5.50. The van der Waals surface area contributed by atoms with Crippen molar-refractivity contribution in [2.75, 3.05) is 33.8 Å². The average molecular weight is 420 g/mol. The Kier molecular flexibility index (Phi) is 6.40. The van der Waals surface area contributed by atoms with Crippen LogP contribution in [0.4, 0.5) is 0 Å². The minimum atomic E-state index is -0.0369. The van der Waals surface area contributed by atoms with E-state index in [9.17, 15) is 4.79 Å². The first-order valence-corrected chi connectivity index (χ1v) is 10.6. The maximum absolute atomic E-state index is 12.1. The Morgan fingerprint density at radius 3 is 2.87 bits per heavy atom. The van der Waals surface area contributed by atoms with Gasteiger partial charge in [-0.1, -0.05) is 36.4 Å². The first-order valence-electron chi connectivity index (χ1n) is 10.6. The van der Waals surface area contributed by atoms with Crippen LogP contribution in [0.15, 0.2) is 59.7 Å². The molecule has 1 aliphatic heterocycles. The molecule has 1 amide bonds. The minimum Gasteiger partial charge on any atom is -0.493 e. The zero-order valence-corrected chi connectivity index (χ0v) is 18.0. The van der Waals surface area contributed by atoms with Crippen LogP contribution in [0.3, 0.4) is 0 Å². The van der Waals surface area contributed by atoms with Crippen molar-refractivity contribution in [2.45, 2.75) is 18.9 Å². The molecule has 0 fully saturated rings. The molecule has 2 heterocycles. The van der Waals surface area contributed by atoms with Crippen LogP contribution >= 0.6 is 0 Å². The molecule has 3 aromatic rings. The number of para-hydroxylation sites is 2. The SMILES string of the molecule is CN(C)C(=O)CN=C(NCCc1c[nH]c2ccccc12)NC1CCOc2ccccc21. The number of amides is 1. The van der Waals surface area contributed by atoms with E-state index in [0.29, 0.717) is 19.1 Å². The summed E-state index contributed by atoms with van der Waals surface area (Å²) in [6.45, 7) is 1.45. The summed E-state index contributed by atoms with van der Waals surface area (Å²) in [7, 11) is 3.48. The van der Waals surface area contributed by atoms with E-state index in [1.807, 2.05) is 24.3 Å². The Morgan fingerprint density at radius 2 is 2.00 bits per heavy atom. The lowest BCUT2D eigenvalue weighted by atomic mass is 10.0. The van der Waals surface area contributed by atoms with Crippen LogP contribution in [0.25, 0.3) is 10.9 Å². The lowest BCUT2D eigenvalue weighted by molar-refractivity contribution is -0.127. The summed E-state index contributed by atoms with van der Waals surface area (Å²) in [5.41, 5.74) is 3.50. The number of H-pyrrole nitrogens is 1. The second-order valence-corrected chi connectivity index (χ2v) is 7.86. The first kappa shape index (κ1) is 20.8. The number of guanidine groups is 1. The Bertz CT molecular complexity index is 1070. The van der Waals surface area contributed by atoms with E-state index in [1.54, 1.807) is 19.0 Å². The third kappa shape index (κ3) is 4.99. The molecule has 0 aliphatic carbocycles. The van der Waals surface area contributed by atoms with E-state index in [2.05, 4.69) is 51.1 Å². The summed E-state index contributed by atoms with van der Waals surface area (Å²) in [5, 5.41) is 8.15. The fourth-order valence-corrected chi connectivity index (χ4v) is 3.75. The lowest BCUT2D eigenvalue weighted by Gasteiger charge is -2.28. The number of aromatic nitrogens is 1. The van der Waals surface area contributed by atoms with Gasteiger partial charge in [0.05, 0.1) is 12.6 Å². The number of carbonyl (C=O) groups is 1. The van der Waals surface area contributed by atoms with Gasteiger partial charge in [0.25, 0.3) is 0 Å². The zero-order chi connectivity index (χ0) is 21.6. The standard InChI is InChI=1S/C24H29N5O2/c1-29(2)23(30)16-27-24(28-21-12-14-31-22-10-6-4-8-19(21)22)25-13-11-17-15-26-20-9-5-3-7-18(17)20/h3-10,15,21,26H,11-14,16H2,1-2H3,(H2,25,27,28). The topological polar surface area (TPSA) is 81.8 Å². The monoisotopic (exact) mass is 419 g/mol. The van der Waals surface area contributed by atoms with Gasteiger partial charge in [-0.25, -0.2) is 4.99 Å². The molecule has 1 aromatic heterocycles. The minimum absolute atomic E-state index is 0.0369. The highest BCUT2D eigenvalue weighted by molar-refractivity contribution is 5.85. The van der Waals surface area contributed by atoms with E-state index >= 15 is 0 Å². The predicted octanol–water partition coefficient (Wildman–Crippen LogP) is 2.86. The summed E-state index contributed by atoms with van der Waals surface area (Å²) in [4.78, 5) is 21.5. The molecule has 0 bridgehead atoms. The number of likely N-dealkylation sites (N-methyl/N-ethyl adjacent to an activating group) is 1. The normalized spacial score (nSPS) is 15.8. The van der Waals surface area contributed by atoms with Crippen LogP contribution < -0.4 is 15.4 Å². The molecular weight excluding hydrogens is 390 g/mol. The molecule has 162 valence electrons. The molecule has 2 aromatic carbocycles. The smallest absolute Gasteiger partial charge is 0.243 e. The molecule has 0 saturated carbocycles. The van der Waals surface area contributed by atoms with Gasteiger partial charge in [0.1, 0.15) is 12.3 Å². The Labute approximate surface area is 182 Å². The number of nitrogens with zero attached hydrogens (tertiary/aromatic N) is 2. The molecule has 1 unspecified atom stereocenters. The van der Waals surface area contributed by atoms with Crippen molar-refractivity contribution in [3.05, 3.63) is 65.9 Å². The van der Waals surface area contributed by atoms with Gasteiger partial charge in [-0.2, -0.15) is 0 Å². The summed E-state index contributed by atoms with van der Waals surface area (Å²) >= 11 is 0. The van der Waals surface area contributed by atoms with Gasteiger partial charge in [-0.15, -0.1) is 0 Å². The average Bonchev–Trinajstić information content (AvgIpc) is 3.20. The number of nitrogens with one attached hydrogen (secondary N) is 3. The third-order valence-corrected chi connectivity index (χ3v) is 5.50. The molecule has 1 atom stereocenters. The number of hydrogen-bond donors (Lipinski definition) is 3. The second kappa shape index (κ2) is 9.55. The lowest BCUT2D eigenvalue weighted by Crippen LogP contribution is -2.42. The fraction of sp³-hybridized carbons (Fsp3) is 0.333. The van der Waals surface area contributed by atoms with Crippen molar-refractivity contribution in [3.8, 4) is 5.75 Å². The molecule has 1 aliphatic rings. The van der Waals surface area contributed by atoms with Crippen LogP contribution in [-0.4, -0.2) is 55.5 Å². The van der Waals surface area contributed by atoms with Gasteiger partial charge >= 0.3 is 0 Å². The fourth-order valence-electron chi connectivity index (χ4n) is 3.75. The highest BCUT2D eigenvalue weighted by Crippen LogP contribution is 2.31. The van der Waals surface area contributed by atoms with Crippen LogP contribution in [0.1, 0.15) is 23.6 Å². The van der Waals surface area contributed by atoms with E-state index in [-0.39, 0.29) is 18.5 Å². The van der Waals surface area contributed by atoms with Crippen molar-refractivity contribution in [1.29, 1.82) is 0 Å². The summed E-state index contributed by atoms with van der Waals surface area (Å²) in [5.74, 6) is 1.50. The largest absolute Gasteiger partial charge is 0.493 e. The van der Waals surface area contributed by atoms with Gasteiger partial charge in [0.2, 0.25) is 5.91 Å². The number of aromatic amines is 1. The number of carbonyl (C=O) groups excluding carboxylic acids is 1. The summed E-state index contributed by atoms with van der Waals surface area (Å²) in [6, 6.07) is 16.4. The van der Waals surface area contributed by atoms with Crippen molar-refractivity contribution in [3.63, 3.8) is 0 Å². The number of aliphatic imine (C=N–C) groups is 1. The van der Waals surface area contributed by atoms with Crippen LogP contribution in [-0.2, 0) is 11.2 Å². The van der Waals surface area contributed by atoms with Crippen molar-refractivity contribution in [1.82, 2.24) is 20.5 Å². The highest BCUT2D eigenvalue weighted by atomic mass is 16.5. The maximum Gasteiger partial charge on any atom is 0.243 e. The molecule has 0 radical (unpaired) electrons. The highest BCUT2D eigenvalue weighted by Gasteiger charge is 2.22. The van der Waals surface area contributed by atoms with Crippen molar-refractivity contribution >= 4 is 22.8 Å². The molecule has 0 saturated heterocycles. The van der Waals surface area contributed by atoms with E-state index in [1.165, 1.54) is 10.9 Å². The van der Waals surface area contributed by atoms with E-state index in [4.69, 9.17) is 4.74 Å². The number of fused-ring (bicyclic) bond motifs is 2. The van der Waals surface area contributed by atoms with Crippen LogP contribution in [0, 0.1) is 0 Å². The van der Waals surface area contributed by atoms with Gasteiger partial charge in [-0.05, 0) is 24.1 Å². The Hall–Kier alpha value is -3.48. The van der Waals surface area contributed by atoms with Crippen molar-refractivity contribution < 1.29 is 9.53 Å². The van der Waals surface area contributed by atoms with Crippen LogP contribution in [0.2, 0.25) is 0 Å².